The number of nitrogens with one attached hydrogen (secondary N) is 1. The van der Waals surface area contributed by atoms with Gasteiger partial charge in [0.25, 0.3) is 0 Å². The second-order valence-electron chi connectivity index (χ2n) is 6.73. The van der Waals surface area contributed by atoms with Crippen LogP contribution in [0.2, 0.25) is 0 Å². The molecular formula is C18H25N7O. The summed E-state index contributed by atoms with van der Waals surface area (Å²) in [7, 11) is 0. The molecular weight excluding hydrogens is 330 g/mol. The molecule has 2 aliphatic rings. The molecule has 0 spiro atoms. The summed E-state index contributed by atoms with van der Waals surface area (Å²) in [5.41, 5.74) is 1.03. The molecule has 1 N–H and O–H groups in total. The molecule has 0 saturated carbocycles. The number of piperidine rings is 1. The average Bonchev–Trinajstić information content (AvgIpc) is 2.71. The number of anilines is 2. The van der Waals surface area contributed by atoms with Crippen molar-refractivity contribution >= 4 is 11.8 Å². The van der Waals surface area contributed by atoms with Crippen molar-refractivity contribution in [3.63, 3.8) is 0 Å². The molecule has 4 heterocycles. The second-order valence-corrected chi connectivity index (χ2v) is 6.73. The SMILES string of the molecule is c1cnc(CN2CCC(Nc3ccnc(N4CCOCC4)n3)CC2)cn1. The molecule has 138 valence electrons. The van der Waals surface area contributed by atoms with Gasteiger partial charge in [0.15, 0.2) is 0 Å². The lowest BCUT2D eigenvalue weighted by Gasteiger charge is -2.32. The van der Waals surface area contributed by atoms with Crippen molar-refractivity contribution < 1.29 is 4.74 Å². The van der Waals surface area contributed by atoms with Crippen LogP contribution in [0.25, 0.3) is 0 Å². The van der Waals surface area contributed by atoms with Crippen LogP contribution < -0.4 is 10.2 Å². The maximum atomic E-state index is 5.40. The molecule has 2 aromatic rings. The minimum Gasteiger partial charge on any atom is -0.378 e. The van der Waals surface area contributed by atoms with E-state index in [0.29, 0.717) is 6.04 Å². The lowest BCUT2D eigenvalue weighted by molar-refractivity contribution is 0.122. The highest BCUT2D eigenvalue weighted by molar-refractivity contribution is 5.42. The van der Waals surface area contributed by atoms with Crippen molar-refractivity contribution in [2.45, 2.75) is 25.4 Å². The Bertz CT molecular complexity index is 685. The first-order valence-corrected chi connectivity index (χ1v) is 9.26. The molecule has 0 aromatic carbocycles. The quantitative estimate of drug-likeness (QED) is 0.857. The molecule has 0 unspecified atom stereocenters. The van der Waals surface area contributed by atoms with E-state index in [0.717, 1.165) is 76.2 Å². The fraction of sp³-hybridized carbons (Fsp3) is 0.556. The maximum absolute atomic E-state index is 5.40. The van der Waals surface area contributed by atoms with Crippen molar-refractivity contribution in [1.82, 2.24) is 24.8 Å². The van der Waals surface area contributed by atoms with E-state index < -0.39 is 0 Å². The number of ether oxygens (including phenoxy) is 1. The van der Waals surface area contributed by atoms with E-state index in [1.165, 1.54) is 0 Å². The summed E-state index contributed by atoms with van der Waals surface area (Å²) in [4.78, 5) is 22.2. The van der Waals surface area contributed by atoms with E-state index >= 15 is 0 Å². The molecule has 0 bridgehead atoms. The molecule has 0 atom stereocenters. The predicted octanol–water partition coefficient (Wildman–Crippen LogP) is 1.18. The third-order valence-electron chi connectivity index (χ3n) is 4.88. The molecule has 0 radical (unpaired) electrons. The topological polar surface area (TPSA) is 79.3 Å². The van der Waals surface area contributed by atoms with Gasteiger partial charge in [0.2, 0.25) is 5.95 Å². The normalized spacial score (nSPS) is 19.5. The highest BCUT2D eigenvalue weighted by Gasteiger charge is 2.20. The van der Waals surface area contributed by atoms with Crippen LogP contribution in [0.4, 0.5) is 11.8 Å². The first kappa shape index (κ1) is 17.1. The van der Waals surface area contributed by atoms with E-state index in [1.807, 2.05) is 18.5 Å². The van der Waals surface area contributed by atoms with Crippen molar-refractivity contribution in [3.05, 3.63) is 36.5 Å². The molecule has 2 fully saturated rings. The summed E-state index contributed by atoms with van der Waals surface area (Å²) in [5.74, 6) is 1.70. The molecule has 0 aliphatic carbocycles. The Balaban J connectivity index is 1.29. The fourth-order valence-electron chi connectivity index (χ4n) is 3.43. The largest absolute Gasteiger partial charge is 0.378 e. The Morgan fingerprint density at radius 1 is 1.04 bits per heavy atom. The van der Waals surface area contributed by atoms with Crippen LogP contribution in [0.15, 0.2) is 30.9 Å². The first-order valence-electron chi connectivity index (χ1n) is 9.26. The van der Waals surface area contributed by atoms with Crippen molar-refractivity contribution in [2.75, 3.05) is 49.6 Å². The van der Waals surface area contributed by atoms with Gasteiger partial charge >= 0.3 is 0 Å². The van der Waals surface area contributed by atoms with Crippen molar-refractivity contribution in [1.29, 1.82) is 0 Å². The number of morpholine rings is 1. The summed E-state index contributed by atoms with van der Waals surface area (Å²) < 4.78 is 5.40. The number of hydrogen-bond acceptors (Lipinski definition) is 8. The highest BCUT2D eigenvalue weighted by Crippen LogP contribution is 2.18. The second kappa shape index (κ2) is 8.37. The zero-order chi connectivity index (χ0) is 17.6. The van der Waals surface area contributed by atoms with Crippen LogP contribution in [0.5, 0.6) is 0 Å². The summed E-state index contributed by atoms with van der Waals surface area (Å²) >= 11 is 0. The molecule has 8 heteroatoms. The van der Waals surface area contributed by atoms with Crippen LogP contribution in [-0.2, 0) is 11.3 Å². The van der Waals surface area contributed by atoms with Gasteiger partial charge < -0.3 is 15.0 Å². The summed E-state index contributed by atoms with van der Waals surface area (Å²) in [5, 5.41) is 3.58. The summed E-state index contributed by atoms with van der Waals surface area (Å²) in [6.45, 7) is 6.16. The van der Waals surface area contributed by atoms with Gasteiger partial charge in [-0.3, -0.25) is 14.9 Å². The zero-order valence-electron chi connectivity index (χ0n) is 14.9. The lowest BCUT2D eigenvalue weighted by Crippen LogP contribution is -2.39. The van der Waals surface area contributed by atoms with E-state index in [9.17, 15) is 0 Å². The summed E-state index contributed by atoms with van der Waals surface area (Å²) in [6, 6.07) is 2.40. The summed E-state index contributed by atoms with van der Waals surface area (Å²) in [6.07, 6.45) is 9.34. The van der Waals surface area contributed by atoms with Crippen molar-refractivity contribution in [2.24, 2.45) is 0 Å². The maximum Gasteiger partial charge on any atom is 0.227 e. The van der Waals surface area contributed by atoms with E-state index in [-0.39, 0.29) is 0 Å². The van der Waals surface area contributed by atoms with Gasteiger partial charge in [0.1, 0.15) is 5.82 Å². The number of hydrogen-bond donors (Lipinski definition) is 1. The third kappa shape index (κ3) is 4.44. The minimum absolute atomic E-state index is 0.445. The van der Waals surface area contributed by atoms with Crippen LogP contribution >= 0.6 is 0 Å². The van der Waals surface area contributed by atoms with Crippen LogP contribution in [0, 0.1) is 0 Å². The van der Waals surface area contributed by atoms with Crippen LogP contribution in [0.3, 0.4) is 0 Å². The molecule has 4 rings (SSSR count). The average molecular weight is 355 g/mol. The monoisotopic (exact) mass is 355 g/mol. The number of likely N-dealkylation sites (tertiary alicyclic amines) is 1. The van der Waals surface area contributed by atoms with Gasteiger partial charge in [-0.1, -0.05) is 0 Å². The van der Waals surface area contributed by atoms with E-state index in [4.69, 9.17) is 9.72 Å². The number of nitrogens with zero attached hydrogens (tertiary/aromatic N) is 6. The molecule has 0 amide bonds. The van der Waals surface area contributed by atoms with Gasteiger partial charge in [0, 0.05) is 63.6 Å². The molecule has 8 nitrogen and oxygen atoms in total. The smallest absolute Gasteiger partial charge is 0.227 e. The van der Waals surface area contributed by atoms with Gasteiger partial charge in [0.05, 0.1) is 18.9 Å². The van der Waals surface area contributed by atoms with Gasteiger partial charge in [-0.2, -0.15) is 4.98 Å². The number of aromatic nitrogens is 4. The van der Waals surface area contributed by atoms with Gasteiger partial charge in [-0.25, -0.2) is 4.98 Å². The predicted molar refractivity (Wildman–Crippen MR) is 99.0 cm³/mol. The Morgan fingerprint density at radius 3 is 2.65 bits per heavy atom. The first-order chi connectivity index (χ1) is 12.9. The van der Waals surface area contributed by atoms with Crippen molar-refractivity contribution in [3.8, 4) is 0 Å². The molecule has 26 heavy (non-hydrogen) atoms. The fourth-order valence-corrected chi connectivity index (χ4v) is 3.43. The Labute approximate surface area is 153 Å². The van der Waals surface area contributed by atoms with Crippen LogP contribution in [0.1, 0.15) is 18.5 Å². The standard InChI is InChI=1S/C18H25N7O/c1-4-21-18(25-9-11-26-12-10-25)23-17(1)22-15-2-7-24(8-3-15)14-16-13-19-5-6-20-16/h1,4-6,13,15H,2-3,7-12,14H2,(H,21,22,23). The Hall–Kier alpha value is -2.32. The zero-order valence-corrected chi connectivity index (χ0v) is 14.9. The minimum atomic E-state index is 0.445. The van der Waals surface area contributed by atoms with Crippen LogP contribution in [-0.4, -0.2) is 70.3 Å². The lowest BCUT2D eigenvalue weighted by atomic mass is 10.0. The third-order valence-corrected chi connectivity index (χ3v) is 4.88. The Kier molecular flexibility index (Phi) is 5.51. The van der Waals surface area contributed by atoms with Gasteiger partial charge in [-0.15, -0.1) is 0 Å². The number of rotatable bonds is 5. The van der Waals surface area contributed by atoms with Gasteiger partial charge in [-0.05, 0) is 18.9 Å². The molecule has 2 aliphatic heterocycles. The highest BCUT2D eigenvalue weighted by atomic mass is 16.5. The van der Waals surface area contributed by atoms with E-state index in [2.05, 4.69) is 30.1 Å². The van der Waals surface area contributed by atoms with E-state index in [1.54, 1.807) is 12.4 Å². The molecule has 2 aromatic heterocycles. The Morgan fingerprint density at radius 2 is 1.88 bits per heavy atom. The molecule has 2 saturated heterocycles.